The van der Waals surface area contributed by atoms with Crippen molar-refractivity contribution in [1.82, 2.24) is 0 Å². The molecule has 0 aliphatic carbocycles. The van der Waals surface area contributed by atoms with E-state index in [1.165, 1.54) is 12.1 Å². The van der Waals surface area contributed by atoms with Gasteiger partial charge in [-0.3, -0.25) is 0 Å². The van der Waals surface area contributed by atoms with Crippen LogP contribution in [0.4, 0.5) is 4.39 Å². The Balaban J connectivity index is 2.13. The molecule has 0 amide bonds. The molecule has 3 heteroatoms. The van der Waals surface area contributed by atoms with Crippen LogP contribution in [-0.4, -0.2) is 7.11 Å². The second-order valence-electron chi connectivity index (χ2n) is 4.22. The number of nitrogens with two attached hydrogens (primary N) is 1. The summed E-state index contributed by atoms with van der Waals surface area (Å²) < 4.78 is 18.2. The monoisotopic (exact) mass is 245 g/mol. The first-order valence-electron chi connectivity index (χ1n) is 5.83. The Morgan fingerprint density at radius 1 is 1.17 bits per heavy atom. The van der Waals surface area contributed by atoms with Crippen molar-refractivity contribution in [3.63, 3.8) is 0 Å². The van der Waals surface area contributed by atoms with Gasteiger partial charge in [-0.05, 0) is 41.8 Å². The quantitative estimate of drug-likeness (QED) is 0.898. The van der Waals surface area contributed by atoms with Gasteiger partial charge in [0, 0.05) is 6.04 Å². The van der Waals surface area contributed by atoms with Gasteiger partial charge in [-0.1, -0.05) is 24.3 Å². The lowest BCUT2D eigenvalue weighted by molar-refractivity contribution is 0.414. The Labute approximate surface area is 106 Å². The van der Waals surface area contributed by atoms with Gasteiger partial charge in [-0.25, -0.2) is 4.39 Å². The molecule has 18 heavy (non-hydrogen) atoms. The van der Waals surface area contributed by atoms with Gasteiger partial charge < -0.3 is 10.5 Å². The fraction of sp³-hybridized carbons (Fsp3) is 0.200. The molecule has 2 aromatic rings. The molecule has 0 fully saturated rings. The first kappa shape index (κ1) is 12.6. The van der Waals surface area contributed by atoms with Crippen molar-refractivity contribution in [1.29, 1.82) is 0 Å². The fourth-order valence-electron chi connectivity index (χ4n) is 1.91. The first-order chi connectivity index (χ1) is 8.69. The lowest BCUT2D eigenvalue weighted by atomic mass is 9.99. The van der Waals surface area contributed by atoms with E-state index in [0.717, 1.165) is 16.9 Å². The Bertz CT molecular complexity index is 527. The van der Waals surface area contributed by atoms with Crippen LogP contribution in [0.15, 0.2) is 48.5 Å². The van der Waals surface area contributed by atoms with Crippen LogP contribution in [0.3, 0.4) is 0 Å². The maximum atomic E-state index is 13.1. The first-order valence-corrected chi connectivity index (χ1v) is 5.83. The van der Waals surface area contributed by atoms with Gasteiger partial charge in [0.05, 0.1) is 7.11 Å². The second-order valence-corrected chi connectivity index (χ2v) is 4.22. The Kier molecular flexibility index (Phi) is 3.95. The summed E-state index contributed by atoms with van der Waals surface area (Å²) in [5.41, 5.74) is 8.00. The Morgan fingerprint density at radius 3 is 2.67 bits per heavy atom. The van der Waals surface area contributed by atoms with E-state index in [2.05, 4.69) is 0 Å². The standard InChI is InChI=1S/C15H16FNO/c1-18-14-7-3-5-12(10-14)15(17)9-11-4-2-6-13(16)8-11/h2-8,10,15H,9,17H2,1H3. The molecule has 0 aliphatic heterocycles. The molecule has 0 aromatic heterocycles. The fourth-order valence-corrected chi connectivity index (χ4v) is 1.91. The van der Waals surface area contributed by atoms with E-state index in [0.29, 0.717) is 6.42 Å². The Hall–Kier alpha value is -1.87. The lowest BCUT2D eigenvalue weighted by Gasteiger charge is -2.13. The highest BCUT2D eigenvalue weighted by molar-refractivity contribution is 5.31. The molecule has 0 radical (unpaired) electrons. The largest absolute Gasteiger partial charge is 0.497 e. The summed E-state index contributed by atoms with van der Waals surface area (Å²) in [6, 6.07) is 14.0. The zero-order valence-electron chi connectivity index (χ0n) is 10.3. The number of hydrogen-bond acceptors (Lipinski definition) is 2. The zero-order valence-corrected chi connectivity index (χ0v) is 10.3. The van der Waals surface area contributed by atoms with Gasteiger partial charge in [0.1, 0.15) is 11.6 Å². The van der Waals surface area contributed by atoms with Crippen molar-refractivity contribution in [2.75, 3.05) is 7.11 Å². The minimum Gasteiger partial charge on any atom is -0.497 e. The summed E-state index contributed by atoms with van der Waals surface area (Å²) in [5.74, 6) is 0.549. The maximum absolute atomic E-state index is 13.1. The summed E-state index contributed by atoms with van der Waals surface area (Å²) >= 11 is 0. The van der Waals surface area contributed by atoms with Crippen LogP contribution in [-0.2, 0) is 6.42 Å². The maximum Gasteiger partial charge on any atom is 0.123 e. The minimum absolute atomic E-state index is 0.165. The molecule has 0 bridgehead atoms. The second kappa shape index (κ2) is 5.65. The van der Waals surface area contributed by atoms with Gasteiger partial charge >= 0.3 is 0 Å². The average Bonchev–Trinajstić information content (AvgIpc) is 2.39. The van der Waals surface area contributed by atoms with Crippen LogP contribution >= 0.6 is 0 Å². The molecule has 1 atom stereocenters. The van der Waals surface area contributed by atoms with Gasteiger partial charge in [-0.15, -0.1) is 0 Å². The number of hydrogen-bond donors (Lipinski definition) is 1. The van der Waals surface area contributed by atoms with Crippen molar-refractivity contribution in [3.05, 3.63) is 65.5 Å². The van der Waals surface area contributed by atoms with E-state index in [4.69, 9.17) is 10.5 Å². The highest BCUT2D eigenvalue weighted by atomic mass is 19.1. The van der Waals surface area contributed by atoms with Crippen molar-refractivity contribution in [2.45, 2.75) is 12.5 Å². The average molecular weight is 245 g/mol. The molecular weight excluding hydrogens is 229 g/mol. The highest BCUT2D eigenvalue weighted by Crippen LogP contribution is 2.20. The van der Waals surface area contributed by atoms with Crippen molar-refractivity contribution < 1.29 is 9.13 Å². The van der Waals surface area contributed by atoms with Gasteiger partial charge in [0.15, 0.2) is 0 Å². The summed E-state index contributed by atoms with van der Waals surface area (Å²) in [6.07, 6.45) is 0.602. The molecule has 0 saturated heterocycles. The summed E-state index contributed by atoms with van der Waals surface area (Å²) in [4.78, 5) is 0. The summed E-state index contributed by atoms with van der Waals surface area (Å²) in [7, 11) is 1.62. The predicted molar refractivity (Wildman–Crippen MR) is 70.0 cm³/mol. The zero-order chi connectivity index (χ0) is 13.0. The van der Waals surface area contributed by atoms with Crippen LogP contribution in [0.25, 0.3) is 0 Å². The number of benzene rings is 2. The third-order valence-corrected chi connectivity index (χ3v) is 2.87. The Morgan fingerprint density at radius 2 is 1.94 bits per heavy atom. The van der Waals surface area contributed by atoms with E-state index in [1.54, 1.807) is 13.2 Å². The SMILES string of the molecule is COc1cccc(C(N)Cc2cccc(F)c2)c1. The minimum atomic E-state index is -0.231. The number of halogens is 1. The summed E-state index contributed by atoms with van der Waals surface area (Å²) in [6.45, 7) is 0. The van der Waals surface area contributed by atoms with E-state index in [-0.39, 0.29) is 11.9 Å². The normalized spacial score (nSPS) is 12.2. The van der Waals surface area contributed by atoms with Crippen LogP contribution in [0.1, 0.15) is 17.2 Å². The van der Waals surface area contributed by atoms with Crippen LogP contribution in [0, 0.1) is 5.82 Å². The number of ether oxygens (including phenoxy) is 1. The highest BCUT2D eigenvalue weighted by Gasteiger charge is 2.08. The van der Waals surface area contributed by atoms with E-state index >= 15 is 0 Å². The van der Waals surface area contributed by atoms with Crippen molar-refractivity contribution >= 4 is 0 Å². The smallest absolute Gasteiger partial charge is 0.123 e. The molecule has 2 nitrogen and oxygen atoms in total. The third kappa shape index (κ3) is 3.08. The third-order valence-electron chi connectivity index (χ3n) is 2.87. The molecular formula is C15H16FNO. The van der Waals surface area contributed by atoms with Gasteiger partial charge in [0.25, 0.3) is 0 Å². The lowest BCUT2D eigenvalue weighted by Crippen LogP contribution is -2.13. The van der Waals surface area contributed by atoms with E-state index < -0.39 is 0 Å². The number of rotatable bonds is 4. The molecule has 2 N–H and O–H groups in total. The van der Waals surface area contributed by atoms with Crippen molar-refractivity contribution in [2.24, 2.45) is 5.73 Å². The molecule has 94 valence electrons. The molecule has 0 spiro atoms. The van der Waals surface area contributed by atoms with Crippen LogP contribution < -0.4 is 10.5 Å². The van der Waals surface area contributed by atoms with Gasteiger partial charge in [-0.2, -0.15) is 0 Å². The topological polar surface area (TPSA) is 35.2 Å². The van der Waals surface area contributed by atoms with E-state index in [9.17, 15) is 4.39 Å². The molecule has 2 aromatic carbocycles. The van der Waals surface area contributed by atoms with E-state index in [1.807, 2.05) is 30.3 Å². The number of methoxy groups -OCH3 is 1. The molecule has 0 saturated carbocycles. The summed E-state index contributed by atoms with van der Waals surface area (Å²) in [5, 5.41) is 0. The molecule has 0 aliphatic rings. The van der Waals surface area contributed by atoms with Crippen LogP contribution in [0.5, 0.6) is 5.75 Å². The molecule has 0 heterocycles. The predicted octanol–water partition coefficient (Wildman–Crippen LogP) is 3.08. The van der Waals surface area contributed by atoms with Gasteiger partial charge in [0.2, 0.25) is 0 Å². The van der Waals surface area contributed by atoms with Crippen molar-refractivity contribution in [3.8, 4) is 5.75 Å². The molecule has 2 rings (SSSR count). The van der Waals surface area contributed by atoms with Crippen LogP contribution in [0.2, 0.25) is 0 Å². The molecule has 1 unspecified atom stereocenters.